The summed E-state index contributed by atoms with van der Waals surface area (Å²) in [4.78, 5) is 15.8. The van der Waals surface area contributed by atoms with Crippen LogP contribution in [0.15, 0.2) is 15.9 Å². The van der Waals surface area contributed by atoms with Gasteiger partial charge in [-0.2, -0.15) is 0 Å². The average molecular weight is 345 g/mol. The predicted molar refractivity (Wildman–Crippen MR) is 83.3 cm³/mol. The van der Waals surface area contributed by atoms with Crippen LogP contribution in [0.25, 0.3) is 0 Å². The van der Waals surface area contributed by atoms with Crippen molar-refractivity contribution < 1.29 is 4.79 Å². The molecule has 3 atom stereocenters. The van der Waals surface area contributed by atoms with Crippen LogP contribution in [0.4, 0.5) is 0 Å². The van der Waals surface area contributed by atoms with Gasteiger partial charge in [-0.15, -0.1) is 11.3 Å². The lowest BCUT2D eigenvalue weighted by Gasteiger charge is -2.31. The summed E-state index contributed by atoms with van der Waals surface area (Å²) in [5, 5.41) is 5.08. The summed E-state index contributed by atoms with van der Waals surface area (Å²) in [5.74, 6) is 0.130. The lowest BCUT2D eigenvalue weighted by molar-refractivity contribution is -0.127. The zero-order valence-corrected chi connectivity index (χ0v) is 14.1. The number of hydrogen-bond acceptors (Lipinski definition) is 3. The Labute approximate surface area is 127 Å². The number of carbonyl (C=O) groups is 1. The molecule has 2 heterocycles. The molecule has 1 aliphatic rings. The molecule has 19 heavy (non-hydrogen) atoms. The number of thiophene rings is 1. The van der Waals surface area contributed by atoms with E-state index >= 15 is 0 Å². The smallest absolute Gasteiger partial charge is 0.237 e. The van der Waals surface area contributed by atoms with Gasteiger partial charge in [-0.25, -0.2) is 0 Å². The highest BCUT2D eigenvalue weighted by Crippen LogP contribution is 2.26. The van der Waals surface area contributed by atoms with Crippen LogP contribution in [0, 0.1) is 0 Å². The summed E-state index contributed by atoms with van der Waals surface area (Å²) < 4.78 is 1.08. The zero-order valence-electron chi connectivity index (χ0n) is 11.6. The SMILES string of the molecule is CC1CCC(C)N1C(C)C(=O)NCc1cc(Br)cs1. The van der Waals surface area contributed by atoms with Gasteiger partial charge >= 0.3 is 0 Å². The molecule has 0 radical (unpaired) electrons. The molecule has 1 aliphatic heterocycles. The molecule has 0 bridgehead atoms. The van der Waals surface area contributed by atoms with Crippen LogP contribution in [-0.4, -0.2) is 28.9 Å². The van der Waals surface area contributed by atoms with E-state index in [2.05, 4.69) is 46.1 Å². The summed E-state index contributed by atoms with van der Waals surface area (Å²) in [7, 11) is 0. The molecule has 1 saturated heterocycles. The second-order valence-electron chi connectivity index (χ2n) is 5.35. The van der Waals surface area contributed by atoms with Crippen LogP contribution >= 0.6 is 27.3 Å². The number of nitrogens with zero attached hydrogens (tertiary/aromatic N) is 1. The van der Waals surface area contributed by atoms with Crippen LogP contribution in [0.5, 0.6) is 0 Å². The minimum Gasteiger partial charge on any atom is -0.350 e. The Morgan fingerprint density at radius 1 is 1.53 bits per heavy atom. The van der Waals surface area contributed by atoms with Crippen molar-refractivity contribution in [2.24, 2.45) is 0 Å². The molecule has 1 N–H and O–H groups in total. The first-order valence-electron chi connectivity index (χ1n) is 6.77. The standard InChI is InChI=1S/C14H21BrN2OS/c1-9-4-5-10(2)17(9)11(3)14(18)16-7-13-6-12(15)8-19-13/h6,8-11H,4-5,7H2,1-3H3,(H,16,18). The molecule has 3 unspecified atom stereocenters. The zero-order chi connectivity index (χ0) is 14.0. The Morgan fingerprint density at radius 3 is 2.68 bits per heavy atom. The topological polar surface area (TPSA) is 32.3 Å². The fourth-order valence-electron chi connectivity index (χ4n) is 2.88. The normalized spacial score (nSPS) is 25.5. The Hall–Kier alpha value is -0.390. The molecule has 0 aliphatic carbocycles. The van der Waals surface area contributed by atoms with Gasteiger partial charge in [-0.3, -0.25) is 9.69 Å². The highest BCUT2D eigenvalue weighted by Gasteiger charge is 2.34. The van der Waals surface area contributed by atoms with Crippen molar-refractivity contribution >= 4 is 33.2 Å². The Kier molecular flexibility index (Phi) is 5.03. The Bertz CT molecular complexity index is 438. The van der Waals surface area contributed by atoms with Crippen LogP contribution in [-0.2, 0) is 11.3 Å². The van der Waals surface area contributed by atoms with Crippen molar-refractivity contribution in [3.05, 3.63) is 20.8 Å². The van der Waals surface area contributed by atoms with Gasteiger partial charge in [0.15, 0.2) is 0 Å². The summed E-state index contributed by atoms with van der Waals surface area (Å²) in [6.45, 7) is 7.06. The molecule has 5 heteroatoms. The number of likely N-dealkylation sites (tertiary alicyclic amines) is 1. The number of nitrogens with one attached hydrogen (secondary N) is 1. The van der Waals surface area contributed by atoms with Gasteiger partial charge in [0.1, 0.15) is 0 Å². The number of hydrogen-bond donors (Lipinski definition) is 1. The maximum atomic E-state index is 12.2. The van der Waals surface area contributed by atoms with E-state index in [-0.39, 0.29) is 11.9 Å². The Balaban J connectivity index is 1.88. The molecular formula is C14H21BrN2OS. The van der Waals surface area contributed by atoms with Gasteiger partial charge in [0.25, 0.3) is 0 Å². The summed E-state index contributed by atoms with van der Waals surface area (Å²) in [6, 6.07) is 3.02. The van der Waals surface area contributed by atoms with Crippen molar-refractivity contribution in [1.82, 2.24) is 10.2 Å². The molecule has 3 nitrogen and oxygen atoms in total. The minimum atomic E-state index is -0.0455. The molecule has 2 rings (SSSR count). The number of halogens is 1. The maximum absolute atomic E-state index is 12.2. The molecule has 0 aromatic carbocycles. The third-order valence-electron chi connectivity index (χ3n) is 3.91. The van der Waals surface area contributed by atoms with Crippen molar-refractivity contribution in [3.8, 4) is 0 Å². The Morgan fingerprint density at radius 2 is 2.16 bits per heavy atom. The average Bonchev–Trinajstić information content (AvgIpc) is 2.92. The molecule has 0 saturated carbocycles. The van der Waals surface area contributed by atoms with Crippen molar-refractivity contribution in [1.29, 1.82) is 0 Å². The van der Waals surface area contributed by atoms with Crippen LogP contribution < -0.4 is 5.32 Å². The van der Waals surface area contributed by atoms with Crippen LogP contribution in [0.2, 0.25) is 0 Å². The molecule has 1 aromatic rings. The van der Waals surface area contributed by atoms with Gasteiger partial charge in [0.05, 0.1) is 12.6 Å². The fraction of sp³-hybridized carbons (Fsp3) is 0.643. The van der Waals surface area contributed by atoms with Gasteiger partial charge in [0, 0.05) is 26.8 Å². The molecular weight excluding hydrogens is 324 g/mol. The minimum absolute atomic E-state index is 0.0455. The van der Waals surface area contributed by atoms with E-state index in [0.717, 1.165) is 4.47 Å². The van der Waals surface area contributed by atoms with Crippen molar-refractivity contribution in [2.45, 2.75) is 58.3 Å². The van der Waals surface area contributed by atoms with Crippen LogP contribution in [0.1, 0.15) is 38.5 Å². The van der Waals surface area contributed by atoms with E-state index in [1.54, 1.807) is 11.3 Å². The van der Waals surface area contributed by atoms with E-state index in [1.165, 1.54) is 17.7 Å². The highest BCUT2D eigenvalue weighted by atomic mass is 79.9. The molecule has 1 amide bonds. The van der Waals surface area contributed by atoms with Gasteiger partial charge in [0.2, 0.25) is 5.91 Å². The van der Waals surface area contributed by atoms with E-state index < -0.39 is 0 Å². The molecule has 1 aromatic heterocycles. The molecule has 106 valence electrons. The quantitative estimate of drug-likeness (QED) is 0.907. The lowest BCUT2D eigenvalue weighted by Crippen LogP contribution is -2.48. The van der Waals surface area contributed by atoms with E-state index in [0.29, 0.717) is 18.6 Å². The molecule has 1 fully saturated rings. The third-order valence-corrected chi connectivity index (χ3v) is 5.60. The second kappa shape index (κ2) is 6.37. The van der Waals surface area contributed by atoms with Crippen molar-refractivity contribution in [3.63, 3.8) is 0 Å². The second-order valence-corrected chi connectivity index (χ2v) is 7.26. The van der Waals surface area contributed by atoms with Gasteiger partial charge < -0.3 is 5.32 Å². The van der Waals surface area contributed by atoms with Crippen molar-refractivity contribution in [2.75, 3.05) is 0 Å². The fourth-order valence-corrected chi connectivity index (χ4v) is 4.27. The number of carbonyl (C=O) groups excluding carboxylic acids is 1. The third kappa shape index (κ3) is 3.58. The predicted octanol–water partition coefficient (Wildman–Crippen LogP) is 3.39. The summed E-state index contributed by atoms with van der Waals surface area (Å²) in [6.07, 6.45) is 2.38. The number of amides is 1. The van der Waals surface area contributed by atoms with E-state index in [1.807, 2.05) is 12.3 Å². The molecule has 0 spiro atoms. The highest BCUT2D eigenvalue weighted by molar-refractivity contribution is 9.10. The summed E-state index contributed by atoms with van der Waals surface area (Å²) in [5.41, 5.74) is 0. The number of rotatable bonds is 4. The largest absolute Gasteiger partial charge is 0.350 e. The monoisotopic (exact) mass is 344 g/mol. The lowest BCUT2D eigenvalue weighted by atomic mass is 10.2. The van der Waals surface area contributed by atoms with Crippen LogP contribution in [0.3, 0.4) is 0 Å². The van der Waals surface area contributed by atoms with E-state index in [9.17, 15) is 4.79 Å². The van der Waals surface area contributed by atoms with E-state index in [4.69, 9.17) is 0 Å². The van der Waals surface area contributed by atoms with Gasteiger partial charge in [-0.1, -0.05) is 0 Å². The van der Waals surface area contributed by atoms with Gasteiger partial charge in [-0.05, 0) is 55.6 Å². The first-order valence-corrected chi connectivity index (χ1v) is 8.44. The first-order chi connectivity index (χ1) is 8.99. The first kappa shape index (κ1) is 15.0. The summed E-state index contributed by atoms with van der Waals surface area (Å²) >= 11 is 5.09. The maximum Gasteiger partial charge on any atom is 0.237 e.